The van der Waals surface area contributed by atoms with E-state index in [1.807, 2.05) is 389 Å². The average Bonchev–Trinajstić information content (AvgIpc) is 0.843. The molecular weight excluding hydrogens is 1740 g/mol. The molecule has 0 saturated heterocycles. The summed E-state index contributed by atoms with van der Waals surface area (Å²) >= 11 is 0. The van der Waals surface area contributed by atoms with Gasteiger partial charge in [-0.2, -0.15) is 0 Å². The van der Waals surface area contributed by atoms with E-state index in [1.165, 1.54) is 128 Å². The van der Waals surface area contributed by atoms with Crippen molar-refractivity contribution in [3.05, 3.63) is 591 Å². The van der Waals surface area contributed by atoms with Crippen molar-refractivity contribution in [3.63, 3.8) is 0 Å². The van der Waals surface area contributed by atoms with Crippen LogP contribution in [0.2, 0.25) is 0 Å². The van der Waals surface area contributed by atoms with Crippen LogP contribution in [-0.4, -0.2) is 59.8 Å². The SMILES string of the molecule is Cc1cc(-c2ccccc2)ccn1.Cc1ccc(-c2ccccc2)cn1.Cc1ccc(-c2ccccc2)nc1.Cc1ccc(-c2ccccn2)nc1.Cc1cccc(-c2ccccc2)n1.Cc1cccnc1-c1ccccc1.Cc1ccnc(-c2ccccc2)c1.Cc1ccncc1-c1ccccc1.Cc1cncc(-c2ccccc2)c1.Cc1cnccc1-c1ccccc1.Cc1ncccc1-c1ccccc1. The van der Waals surface area contributed by atoms with Crippen molar-refractivity contribution in [2.45, 2.75) is 76.2 Å². The molecule has 0 aliphatic carbocycles. The summed E-state index contributed by atoms with van der Waals surface area (Å²) in [6.45, 7) is 22.5. The van der Waals surface area contributed by atoms with Crippen LogP contribution in [0.15, 0.2) is 530 Å². The topological polar surface area (TPSA) is 155 Å². The van der Waals surface area contributed by atoms with E-state index in [1.54, 1.807) is 6.20 Å². The molecule has 12 heteroatoms. The van der Waals surface area contributed by atoms with Gasteiger partial charge in [0.15, 0.2) is 0 Å². The quantitative estimate of drug-likeness (QED) is 0.121. The van der Waals surface area contributed by atoms with Crippen molar-refractivity contribution < 1.29 is 0 Å². The summed E-state index contributed by atoms with van der Waals surface area (Å²) in [6, 6.07) is 149. The lowest BCUT2D eigenvalue weighted by atomic mass is 10.0. The van der Waals surface area contributed by atoms with Crippen LogP contribution < -0.4 is 0 Å². The van der Waals surface area contributed by atoms with Gasteiger partial charge in [-0.3, -0.25) is 59.8 Å². The molecule has 0 bridgehead atoms. The first-order valence-corrected chi connectivity index (χ1v) is 47.6. The summed E-state index contributed by atoms with van der Waals surface area (Å²) < 4.78 is 0. The number of pyridine rings is 12. The molecule has 12 nitrogen and oxygen atoms in total. The van der Waals surface area contributed by atoms with Gasteiger partial charge < -0.3 is 0 Å². The predicted octanol–water partition coefficient (Wildman–Crippen LogP) is 33.0. The van der Waals surface area contributed by atoms with Gasteiger partial charge in [0, 0.05) is 154 Å². The number of aryl methyl sites for hydroxylation is 11. The lowest BCUT2D eigenvalue weighted by molar-refractivity contribution is 1.20. The van der Waals surface area contributed by atoms with Gasteiger partial charge in [0.25, 0.3) is 0 Å². The zero-order valence-corrected chi connectivity index (χ0v) is 83.1. The second-order valence-corrected chi connectivity index (χ2v) is 33.5. The summed E-state index contributed by atoms with van der Waals surface area (Å²) in [6.07, 6.45) is 26.0. The van der Waals surface area contributed by atoms with Gasteiger partial charge in [-0.05, 0) is 257 Å². The Bertz CT molecular complexity index is 6520. The molecule has 0 atom stereocenters. The molecule has 22 aromatic rings. The third kappa shape index (κ3) is 35.5. The fourth-order valence-electron chi connectivity index (χ4n) is 14.6. The molecule has 12 aromatic heterocycles. The first kappa shape index (κ1) is 104. The molecule has 0 N–H and O–H groups in total. The van der Waals surface area contributed by atoms with Crippen molar-refractivity contribution in [3.8, 4) is 123 Å². The van der Waals surface area contributed by atoms with Crippen molar-refractivity contribution >= 4 is 0 Å². The number of nitrogens with zero attached hydrogens (tertiary/aromatic N) is 12. The lowest BCUT2D eigenvalue weighted by Gasteiger charge is -2.03. The van der Waals surface area contributed by atoms with E-state index in [0.29, 0.717) is 0 Å². The highest BCUT2D eigenvalue weighted by molar-refractivity contribution is 5.71. The van der Waals surface area contributed by atoms with Crippen molar-refractivity contribution in [2.75, 3.05) is 0 Å². The Morgan fingerprint density at radius 2 is 0.594 bits per heavy atom. The Morgan fingerprint density at radius 3 is 1.08 bits per heavy atom. The summed E-state index contributed by atoms with van der Waals surface area (Å²) in [5.74, 6) is 0. The van der Waals surface area contributed by atoms with Crippen LogP contribution in [0.5, 0.6) is 0 Å². The van der Waals surface area contributed by atoms with E-state index in [-0.39, 0.29) is 0 Å². The van der Waals surface area contributed by atoms with E-state index in [9.17, 15) is 0 Å². The maximum Gasteiger partial charge on any atom is 0.0886 e. The van der Waals surface area contributed by atoms with E-state index in [2.05, 4.69) is 270 Å². The van der Waals surface area contributed by atoms with Gasteiger partial charge in [-0.15, -0.1) is 0 Å². The summed E-state index contributed by atoms with van der Waals surface area (Å²) in [4.78, 5) is 51.0. The molecule has 0 amide bonds. The van der Waals surface area contributed by atoms with Gasteiger partial charge in [0.2, 0.25) is 0 Å². The van der Waals surface area contributed by atoms with Crippen LogP contribution in [0.3, 0.4) is 0 Å². The predicted molar refractivity (Wildman–Crippen MR) is 596 cm³/mol. The highest BCUT2D eigenvalue weighted by Gasteiger charge is 2.08. The fourth-order valence-corrected chi connectivity index (χ4v) is 14.6. The zero-order valence-electron chi connectivity index (χ0n) is 83.1. The fraction of sp³-hybridized carbons (Fsp3) is 0.0840. The summed E-state index contributed by atoms with van der Waals surface area (Å²) in [7, 11) is 0. The first-order chi connectivity index (χ1) is 70.0. The maximum atomic E-state index is 4.44. The molecule has 0 unspecified atom stereocenters. The molecule has 0 saturated carbocycles. The van der Waals surface area contributed by atoms with E-state index in [4.69, 9.17) is 0 Å². The van der Waals surface area contributed by atoms with Crippen molar-refractivity contribution in [1.82, 2.24) is 59.8 Å². The van der Waals surface area contributed by atoms with Crippen LogP contribution in [-0.2, 0) is 0 Å². The van der Waals surface area contributed by atoms with E-state index >= 15 is 0 Å². The number of hydrogen-bond donors (Lipinski definition) is 0. The van der Waals surface area contributed by atoms with Gasteiger partial charge in [-0.1, -0.05) is 346 Å². The second kappa shape index (κ2) is 57.9. The van der Waals surface area contributed by atoms with E-state index < -0.39 is 0 Å². The molecule has 0 radical (unpaired) electrons. The highest BCUT2D eigenvalue weighted by Crippen LogP contribution is 2.28. The summed E-state index contributed by atoms with van der Waals surface area (Å²) in [5.41, 5.74) is 38.1. The van der Waals surface area contributed by atoms with Crippen molar-refractivity contribution in [2.24, 2.45) is 0 Å². The Balaban J connectivity index is 0.000000140. The van der Waals surface area contributed by atoms with Gasteiger partial charge in [0.1, 0.15) is 0 Å². The number of benzene rings is 10. The number of hydrogen-bond acceptors (Lipinski definition) is 12. The Morgan fingerprint density at radius 1 is 0.147 bits per heavy atom. The van der Waals surface area contributed by atoms with E-state index in [0.717, 1.165) is 56.9 Å². The number of aromatic nitrogens is 12. The monoisotopic (exact) mass is 1860 g/mol. The normalized spacial score (nSPS) is 9.92. The van der Waals surface area contributed by atoms with Gasteiger partial charge >= 0.3 is 0 Å². The third-order valence-corrected chi connectivity index (χ3v) is 22.1. The Labute approximate surface area is 844 Å². The smallest absolute Gasteiger partial charge is 0.0886 e. The molecule has 704 valence electrons. The lowest BCUT2D eigenvalue weighted by Crippen LogP contribution is -1.85. The first-order valence-electron chi connectivity index (χ1n) is 47.6. The average molecular weight is 1860 g/mol. The Hall–Kier alpha value is -18.0. The highest BCUT2D eigenvalue weighted by atomic mass is 14.8. The Kier molecular flexibility index (Phi) is 42.1. The second-order valence-electron chi connectivity index (χ2n) is 33.5. The molecular formula is C131H120N12. The van der Waals surface area contributed by atoms with Crippen LogP contribution in [0, 0.1) is 76.2 Å². The standard InChI is InChI=1S/10C12H11N.C11H10N2/c1-10-6-5-9-13-12(10)11-7-3-2-4-8-11;1-10-6-5-9-12(13-10)11-7-3-2-4-8-11;1-10-12(8-5-9-13-10)11-6-3-2-4-7-11;1-10-7-12(9-13-8-10)11-5-3-2-4-6-11;1-10-9-13-8-7-12(10)11-5-3-2-4-6-11;1-10-9-12(7-8-13-10)11-5-3-2-4-6-11;1-10-7-8-13-9-12(10)11-5-3-2-4-6-11;1-10-7-8-12(9-13-10)11-5-3-2-4-6-11;1-10-7-8-13-12(9-10)11-5-3-2-4-6-11;1-10-7-8-12(13-9-10)11-5-3-2-4-6-11;1-9-5-6-11(13-8-9)10-4-2-3-7-12-10/h10*2-9H,1H3;2-8H,1H3. The minimum absolute atomic E-state index is 0.919. The van der Waals surface area contributed by atoms with Crippen LogP contribution in [0.1, 0.15) is 61.7 Å². The third-order valence-electron chi connectivity index (χ3n) is 22.1. The van der Waals surface area contributed by atoms with Crippen LogP contribution in [0.4, 0.5) is 0 Å². The maximum absolute atomic E-state index is 4.44. The minimum Gasteiger partial charge on any atom is -0.264 e. The molecule has 10 aromatic carbocycles. The zero-order chi connectivity index (χ0) is 100. The minimum atomic E-state index is 0.919. The molecule has 0 aliphatic rings. The van der Waals surface area contributed by atoms with Crippen molar-refractivity contribution in [1.29, 1.82) is 0 Å². The number of rotatable bonds is 11. The largest absolute Gasteiger partial charge is 0.264 e. The molecule has 0 spiro atoms. The molecule has 12 heterocycles. The van der Waals surface area contributed by atoms with Crippen LogP contribution in [0.25, 0.3) is 123 Å². The van der Waals surface area contributed by atoms with Gasteiger partial charge in [0.05, 0.1) is 34.2 Å². The van der Waals surface area contributed by atoms with Gasteiger partial charge in [-0.25, -0.2) is 0 Å². The molecule has 0 fully saturated rings. The molecule has 22 rings (SSSR count). The van der Waals surface area contributed by atoms with Crippen LogP contribution >= 0.6 is 0 Å². The molecule has 0 aliphatic heterocycles. The molecule has 143 heavy (non-hydrogen) atoms. The summed E-state index contributed by atoms with van der Waals surface area (Å²) in [5, 5.41) is 0.